The third-order valence-corrected chi connectivity index (χ3v) is 5.27. The summed E-state index contributed by atoms with van der Waals surface area (Å²) < 4.78 is 11.2. The lowest BCUT2D eigenvalue weighted by Crippen LogP contribution is -2.34. The summed E-state index contributed by atoms with van der Waals surface area (Å²) in [6.45, 7) is 6.45. The number of aromatic nitrogens is 2. The first-order valence-electron chi connectivity index (χ1n) is 10.1. The van der Waals surface area contributed by atoms with Crippen LogP contribution in [0.1, 0.15) is 60.8 Å². The van der Waals surface area contributed by atoms with Crippen LogP contribution in [0.25, 0.3) is 0 Å². The molecule has 1 aliphatic heterocycles. The summed E-state index contributed by atoms with van der Waals surface area (Å²) in [5.74, 6) is 1.31. The fourth-order valence-corrected chi connectivity index (χ4v) is 3.64. The molecule has 7 nitrogen and oxygen atoms in total. The molecule has 0 aliphatic carbocycles. The molecule has 1 aromatic carbocycles. The molecule has 0 saturated carbocycles. The molecule has 0 radical (unpaired) electrons. The Morgan fingerprint density at radius 2 is 2.14 bits per heavy atom. The van der Waals surface area contributed by atoms with E-state index >= 15 is 0 Å². The molecule has 1 N–H and O–H groups in total. The maximum absolute atomic E-state index is 11.1. The Morgan fingerprint density at radius 3 is 2.82 bits per heavy atom. The fraction of sp³-hybridized carbons (Fsp3) is 0.571. The quantitative estimate of drug-likeness (QED) is 0.648. The van der Waals surface area contributed by atoms with Crippen LogP contribution in [0.4, 0.5) is 6.01 Å². The highest BCUT2D eigenvalue weighted by Gasteiger charge is 2.22. The lowest BCUT2D eigenvalue weighted by Gasteiger charge is -2.30. The Bertz CT molecular complexity index is 782. The molecular weight excluding hydrogens is 358 g/mol. The van der Waals surface area contributed by atoms with E-state index < -0.39 is 5.97 Å². The number of rotatable bonds is 9. The molecule has 152 valence electrons. The summed E-state index contributed by atoms with van der Waals surface area (Å²) in [6, 6.07) is 5.78. The Morgan fingerprint density at radius 1 is 1.36 bits per heavy atom. The third-order valence-electron chi connectivity index (χ3n) is 5.27. The lowest BCUT2D eigenvalue weighted by molar-refractivity contribution is 0.0696. The molecule has 3 rings (SSSR count). The highest BCUT2D eigenvalue weighted by molar-refractivity contribution is 5.89. The number of carboxylic acid groups (broad SMARTS) is 1. The predicted molar refractivity (Wildman–Crippen MR) is 106 cm³/mol. The lowest BCUT2D eigenvalue weighted by atomic mass is 9.92. The number of piperidine rings is 1. The molecule has 0 bridgehead atoms. The summed E-state index contributed by atoms with van der Waals surface area (Å²) in [5, 5.41) is 13.1. The van der Waals surface area contributed by atoms with Gasteiger partial charge in [0, 0.05) is 19.5 Å². The Kier molecular flexibility index (Phi) is 6.90. The van der Waals surface area contributed by atoms with Gasteiger partial charge in [-0.15, -0.1) is 0 Å². The number of ether oxygens (including phenoxy) is 1. The zero-order chi connectivity index (χ0) is 19.9. The van der Waals surface area contributed by atoms with E-state index in [9.17, 15) is 4.79 Å². The summed E-state index contributed by atoms with van der Waals surface area (Å²) in [7, 11) is 0. The van der Waals surface area contributed by atoms with Crippen LogP contribution in [0.2, 0.25) is 0 Å². The number of nitrogens with zero attached hydrogens (tertiary/aromatic N) is 3. The molecule has 0 atom stereocenters. The second-order valence-corrected chi connectivity index (χ2v) is 7.45. The van der Waals surface area contributed by atoms with E-state index in [1.807, 2.05) is 0 Å². The number of anilines is 1. The van der Waals surface area contributed by atoms with Crippen molar-refractivity contribution in [1.29, 1.82) is 0 Å². The van der Waals surface area contributed by atoms with Crippen molar-refractivity contribution in [2.24, 2.45) is 5.92 Å². The number of carboxylic acids is 1. The van der Waals surface area contributed by atoms with Crippen molar-refractivity contribution in [3.8, 4) is 5.75 Å². The first-order valence-corrected chi connectivity index (χ1v) is 10.1. The number of carbonyl (C=O) groups is 1. The molecular formula is C21H29N3O4. The van der Waals surface area contributed by atoms with Gasteiger partial charge in [0.1, 0.15) is 5.75 Å². The van der Waals surface area contributed by atoms with E-state index in [2.05, 4.69) is 22.0 Å². The molecule has 1 aromatic heterocycles. The highest BCUT2D eigenvalue weighted by Crippen LogP contribution is 2.25. The van der Waals surface area contributed by atoms with Gasteiger partial charge >= 0.3 is 12.0 Å². The van der Waals surface area contributed by atoms with Crippen LogP contribution in [0.5, 0.6) is 5.75 Å². The van der Waals surface area contributed by atoms with Crippen molar-refractivity contribution in [3.63, 3.8) is 0 Å². The van der Waals surface area contributed by atoms with Crippen LogP contribution in [0, 0.1) is 12.8 Å². The fourth-order valence-electron chi connectivity index (χ4n) is 3.64. The predicted octanol–water partition coefficient (Wildman–Crippen LogP) is 4.10. The minimum atomic E-state index is -0.905. The number of hydrogen-bond donors (Lipinski definition) is 1. The molecule has 1 fully saturated rings. The van der Waals surface area contributed by atoms with Crippen molar-refractivity contribution in [3.05, 3.63) is 35.2 Å². The van der Waals surface area contributed by atoms with E-state index in [4.69, 9.17) is 14.4 Å². The Balaban J connectivity index is 1.36. The molecule has 2 heterocycles. The molecule has 1 aliphatic rings. The zero-order valence-corrected chi connectivity index (χ0v) is 16.7. The van der Waals surface area contributed by atoms with Gasteiger partial charge in [0.2, 0.25) is 0 Å². The van der Waals surface area contributed by atoms with Gasteiger partial charge in [-0.2, -0.15) is 4.98 Å². The van der Waals surface area contributed by atoms with E-state index in [0.29, 0.717) is 24.1 Å². The standard InChI is InChI=1S/C21H29N3O4/c1-3-5-19-22-21(28-23-19)24-11-9-16(10-12-24)6-4-13-27-17-7-8-18(20(25)26)15(2)14-17/h7-8,14,16H,3-6,9-13H2,1-2H3,(H,25,26). The van der Waals surface area contributed by atoms with Gasteiger partial charge in [0.25, 0.3) is 0 Å². The largest absolute Gasteiger partial charge is 0.494 e. The minimum absolute atomic E-state index is 0.321. The van der Waals surface area contributed by atoms with Crippen molar-refractivity contribution in [2.45, 2.75) is 52.4 Å². The average Bonchev–Trinajstić information content (AvgIpc) is 3.14. The van der Waals surface area contributed by atoms with Crippen molar-refractivity contribution < 1.29 is 19.2 Å². The van der Waals surface area contributed by atoms with E-state index in [1.165, 1.54) is 0 Å². The van der Waals surface area contributed by atoms with Crippen molar-refractivity contribution in [2.75, 3.05) is 24.6 Å². The van der Waals surface area contributed by atoms with Gasteiger partial charge in [-0.05, 0) is 68.7 Å². The summed E-state index contributed by atoms with van der Waals surface area (Å²) >= 11 is 0. The summed E-state index contributed by atoms with van der Waals surface area (Å²) in [6.07, 6.45) is 6.25. The number of hydrogen-bond acceptors (Lipinski definition) is 6. The number of aryl methyl sites for hydroxylation is 2. The van der Waals surface area contributed by atoms with Crippen LogP contribution in [-0.2, 0) is 6.42 Å². The normalized spacial score (nSPS) is 15.0. The molecule has 28 heavy (non-hydrogen) atoms. The first-order chi connectivity index (χ1) is 13.6. The van der Waals surface area contributed by atoms with Gasteiger partial charge in [-0.3, -0.25) is 0 Å². The molecule has 1 saturated heterocycles. The maximum atomic E-state index is 11.1. The average molecular weight is 387 g/mol. The Hall–Kier alpha value is -2.57. The minimum Gasteiger partial charge on any atom is -0.494 e. The third kappa shape index (κ3) is 5.24. The van der Waals surface area contributed by atoms with Crippen molar-refractivity contribution >= 4 is 12.0 Å². The molecule has 0 spiro atoms. The molecule has 2 aromatic rings. The Labute approximate surface area is 165 Å². The summed E-state index contributed by atoms with van der Waals surface area (Å²) in [5.41, 5.74) is 1.04. The van der Waals surface area contributed by atoms with Gasteiger partial charge in [-0.1, -0.05) is 12.1 Å². The van der Waals surface area contributed by atoms with Crippen LogP contribution in [0.15, 0.2) is 22.7 Å². The SMILES string of the molecule is CCCc1noc(N2CCC(CCCOc3ccc(C(=O)O)c(C)c3)CC2)n1. The van der Waals surface area contributed by atoms with Crippen LogP contribution >= 0.6 is 0 Å². The topological polar surface area (TPSA) is 88.7 Å². The van der Waals surface area contributed by atoms with Crippen LogP contribution in [-0.4, -0.2) is 40.9 Å². The highest BCUT2D eigenvalue weighted by atomic mass is 16.5. The van der Waals surface area contributed by atoms with Crippen LogP contribution < -0.4 is 9.64 Å². The monoisotopic (exact) mass is 387 g/mol. The van der Waals surface area contributed by atoms with E-state index in [0.717, 1.165) is 68.8 Å². The second-order valence-electron chi connectivity index (χ2n) is 7.45. The summed E-state index contributed by atoms with van der Waals surface area (Å²) in [4.78, 5) is 17.7. The molecule has 7 heteroatoms. The second kappa shape index (κ2) is 9.57. The molecule has 0 amide bonds. The number of aromatic carboxylic acids is 1. The zero-order valence-electron chi connectivity index (χ0n) is 16.7. The smallest absolute Gasteiger partial charge is 0.335 e. The van der Waals surface area contributed by atoms with Gasteiger partial charge in [-0.25, -0.2) is 4.79 Å². The van der Waals surface area contributed by atoms with Gasteiger partial charge < -0.3 is 19.3 Å². The van der Waals surface area contributed by atoms with E-state index in [-0.39, 0.29) is 0 Å². The van der Waals surface area contributed by atoms with E-state index in [1.54, 1.807) is 25.1 Å². The maximum Gasteiger partial charge on any atom is 0.335 e. The van der Waals surface area contributed by atoms with Gasteiger partial charge in [0.15, 0.2) is 5.82 Å². The van der Waals surface area contributed by atoms with Crippen molar-refractivity contribution in [1.82, 2.24) is 10.1 Å². The van der Waals surface area contributed by atoms with Gasteiger partial charge in [0.05, 0.1) is 12.2 Å². The number of benzene rings is 1. The first kappa shape index (κ1) is 20.2. The molecule has 0 unspecified atom stereocenters. The van der Waals surface area contributed by atoms with Crippen LogP contribution in [0.3, 0.4) is 0 Å².